The average Bonchev–Trinajstić information content (AvgIpc) is 2.63. The van der Waals surface area contributed by atoms with Gasteiger partial charge in [-0.15, -0.1) is 0 Å². The van der Waals surface area contributed by atoms with Crippen LogP contribution >= 0.6 is 0 Å². The highest BCUT2D eigenvalue weighted by atomic mass is 16.2. The van der Waals surface area contributed by atoms with E-state index in [9.17, 15) is 14.9 Å². The van der Waals surface area contributed by atoms with E-state index in [0.29, 0.717) is 0 Å². The number of nitrogens with zero attached hydrogens (tertiary/aromatic N) is 2. The predicted molar refractivity (Wildman–Crippen MR) is 101 cm³/mol. The van der Waals surface area contributed by atoms with Gasteiger partial charge in [0.25, 0.3) is 11.8 Å². The van der Waals surface area contributed by atoms with Crippen molar-refractivity contribution in [3.05, 3.63) is 29.8 Å². The van der Waals surface area contributed by atoms with Gasteiger partial charge >= 0.3 is 0 Å². The van der Waals surface area contributed by atoms with Gasteiger partial charge in [0.1, 0.15) is 5.54 Å². The molecule has 140 valence electrons. The highest BCUT2D eigenvalue weighted by Gasteiger charge is 2.39. The van der Waals surface area contributed by atoms with Crippen molar-refractivity contribution in [1.82, 2.24) is 4.90 Å². The first-order chi connectivity index (χ1) is 12.4. The molecule has 6 nitrogen and oxygen atoms in total. The largest absolute Gasteiger partial charge is 0.322 e. The Balaban J connectivity index is 1.86. The second kappa shape index (κ2) is 8.81. The number of likely N-dealkylation sites (N-methyl/N-ethyl adjacent to an activating group) is 2. The lowest BCUT2D eigenvalue weighted by atomic mass is 9.81. The van der Waals surface area contributed by atoms with E-state index < -0.39 is 5.54 Å². The van der Waals surface area contributed by atoms with Crippen molar-refractivity contribution in [1.29, 1.82) is 5.26 Å². The molecule has 2 N–H and O–H groups in total. The summed E-state index contributed by atoms with van der Waals surface area (Å²) in [7, 11) is 3.54. The van der Waals surface area contributed by atoms with Crippen molar-refractivity contribution in [2.24, 2.45) is 0 Å². The third-order valence-corrected chi connectivity index (χ3v) is 5.16. The topological polar surface area (TPSA) is 77.6 Å². The summed E-state index contributed by atoms with van der Waals surface area (Å²) in [5.74, 6) is -0.219. The van der Waals surface area contributed by atoms with Gasteiger partial charge in [0.05, 0.1) is 13.1 Å². The van der Waals surface area contributed by atoms with Gasteiger partial charge in [-0.3, -0.25) is 9.59 Å². The number of hydrogen-bond donors (Lipinski definition) is 2. The summed E-state index contributed by atoms with van der Waals surface area (Å²) >= 11 is 0. The normalized spacial score (nSPS) is 17.0. The van der Waals surface area contributed by atoms with Crippen LogP contribution in [-0.2, 0) is 9.59 Å². The van der Waals surface area contributed by atoms with Crippen LogP contribution < -0.4 is 10.2 Å². The van der Waals surface area contributed by atoms with Gasteiger partial charge in [-0.1, -0.05) is 37.0 Å². The van der Waals surface area contributed by atoms with Crippen LogP contribution in [0.1, 0.15) is 37.7 Å². The lowest BCUT2D eigenvalue weighted by Crippen LogP contribution is -3.11. The van der Waals surface area contributed by atoms with Gasteiger partial charge in [-0.05, 0) is 31.9 Å². The first-order valence-corrected chi connectivity index (χ1v) is 9.22. The lowest BCUT2D eigenvalue weighted by molar-refractivity contribution is -0.862. The van der Waals surface area contributed by atoms with Crippen LogP contribution in [0.15, 0.2) is 24.3 Å². The Morgan fingerprint density at radius 3 is 2.38 bits per heavy atom. The number of carbonyl (C=O) groups is 2. The number of rotatable bonds is 6. The van der Waals surface area contributed by atoms with E-state index in [2.05, 4.69) is 11.4 Å². The molecule has 0 spiro atoms. The van der Waals surface area contributed by atoms with Crippen LogP contribution in [0.5, 0.6) is 0 Å². The van der Waals surface area contributed by atoms with Crippen LogP contribution in [0.25, 0.3) is 0 Å². The van der Waals surface area contributed by atoms with Gasteiger partial charge in [0.15, 0.2) is 13.1 Å². The van der Waals surface area contributed by atoms with E-state index in [-0.39, 0.29) is 24.9 Å². The van der Waals surface area contributed by atoms with E-state index in [1.165, 1.54) is 0 Å². The zero-order valence-electron chi connectivity index (χ0n) is 16.0. The molecule has 1 aromatic carbocycles. The van der Waals surface area contributed by atoms with Crippen molar-refractivity contribution in [2.45, 2.75) is 44.6 Å². The minimum Gasteiger partial charge on any atom is -0.322 e. The Morgan fingerprint density at radius 2 is 1.81 bits per heavy atom. The maximum absolute atomic E-state index is 12.6. The molecule has 1 unspecified atom stereocenters. The molecule has 1 aliphatic rings. The number of anilines is 1. The Morgan fingerprint density at radius 1 is 1.19 bits per heavy atom. The van der Waals surface area contributed by atoms with E-state index in [4.69, 9.17) is 0 Å². The van der Waals surface area contributed by atoms with E-state index in [0.717, 1.165) is 48.3 Å². The lowest BCUT2D eigenvalue weighted by Gasteiger charge is -2.39. The number of aryl methyl sites for hydroxylation is 1. The molecule has 2 amide bonds. The molecule has 6 heteroatoms. The van der Waals surface area contributed by atoms with Crippen molar-refractivity contribution < 1.29 is 14.5 Å². The predicted octanol–water partition coefficient (Wildman–Crippen LogP) is 1.13. The highest BCUT2D eigenvalue weighted by molar-refractivity contribution is 5.91. The van der Waals surface area contributed by atoms with Crippen LogP contribution in [0.4, 0.5) is 5.69 Å². The van der Waals surface area contributed by atoms with Crippen molar-refractivity contribution >= 4 is 17.5 Å². The van der Waals surface area contributed by atoms with Crippen molar-refractivity contribution in [3.63, 3.8) is 0 Å². The molecule has 0 aliphatic heterocycles. The van der Waals surface area contributed by atoms with Crippen molar-refractivity contribution in [3.8, 4) is 6.07 Å². The molecule has 0 saturated heterocycles. The molecule has 1 saturated carbocycles. The van der Waals surface area contributed by atoms with Gasteiger partial charge in [0.2, 0.25) is 0 Å². The Labute approximate surface area is 155 Å². The SMILES string of the molecule is Cc1ccc(NC(=O)C[NH+](C)CC(=O)N(C)C2(C#N)CCCCC2)cc1. The number of hydrogen-bond acceptors (Lipinski definition) is 3. The Hall–Kier alpha value is -2.39. The number of nitriles is 1. The molecule has 26 heavy (non-hydrogen) atoms. The summed E-state index contributed by atoms with van der Waals surface area (Å²) in [4.78, 5) is 27.2. The molecule has 0 aromatic heterocycles. The molecule has 1 aromatic rings. The molecule has 1 aliphatic carbocycles. The van der Waals surface area contributed by atoms with Crippen molar-refractivity contribution in [2.75, 3.05) is 32.5 Å². The van der Waals surface area contributed by atoms with Gasteiger partial charge in [-0.25, -0.2) is 0 Å². The van der Waals surface area contributed by atoms with E-state index >= 15 is 0 Å². The molecule has 1 atom stereocenters. The molecular formula is C20H29N4O2+. The maximum Gasteiger partial charge on any atom is 0.279 e. The molecule has 0 radical (unpaired) electrons. The average molecular weight is 357 g/mol. The zero-order chi connectivity index (χ0) is 19.2. The van der Waals surface area contributed by atoms with Crippen LogP contribution in [0.3, 0.4) is 0 Å². The summed E-state index contributed by atoms with van der Waals surface area (Å²) < 4.78 is 0. The minimum atomic E-state index is -0.681. The number of amides is 2. The number of nitrogens with one attached hydrogen (secondary N) is 2. The molecular weight excluding hydrogens is 328 g/mol. The molecule has 1 fully saturated rings. The van der Waals surface area contributed by atoms with Crippen LogP contribution in [0.2, 0.25) is 0 Å². The van der Waals surface area contributed by atoms with E-state index in [1.54, 1.807) is 11.9 Å². The second-order valence-electron chi connectivity index (χ2n) is 7.38. The van der Waals surface area contributed by atoms with Gasteiger partial charge in [0, 0.05) is 12.7 Å². The number of benzene rings is 1. The number of carbonyl (C=O) groups excluding carboxylic acids is 2. The zero-order valence-corrected chi connectivity index (χ0v) is 16.0. The second-order valence-corrected chi connectivity index (χ2v) is 7.38. The first-order valence-electron chi connectivity index (χ1n) is 9.22. The third-order valence-electron chi connectivity index (χ3n) is 5.16. The minimum absolute atomic E-state index is 0.0888. The van der Waals surface area contributed by atoms with Gasteiger partial charge in [-0.2, -0.15) is 5.26 Å². The van der Waals surface area contributed by atoms with E-state index in [1.807, 2.05) is 38.2 Å². The summed E-state index contributed by atoms with van der Waals surface area (Å²) in [6.07, 6.45) is 4.55. The summed E-state index contributed by atoms with van der Waals surface area (Å²) in [5, 5.41) is 12.5. The smallest absolute Gasteiger partial charge is 0.279 e. The summed E-state index contributed by atoms with van der Waals surface area (Å²) in [6.45, 7) is 2.39. The number of quaternary nitrogens is 1. The molecule has 2 rings (SSSR count). The van der Waals surface area contributed by atoms with Crippen LogP contribution in [-0.4, -0.2) is 49.4 Å². The fourth-order valence-electron chi connectivity index (χ4n) is 3.45. The standard InChI is InChI=1S/C20H28N4O2/c1-16-7-9-17(10-8-16)22-18(25)13-23(2)14-19(26)24(3)20(15-21)11-5-4-6-12-20/h7-10H,4-6,11-14H2,1-3H3,(H,22,25)/p+1. The highest BCUT2D eigenvalue weighted by Crippen LogP contribution is 2.32. The van der Waals surface area contributed by atoms with Crippen LogP contribution in [0, 0.1) is 18.3 Å². The Kier molecular flexibility index (Phi) is 6.76. The molecule has 0 bridgehead atoms. The summed E-state index contributed by atoms with van der Waals surface area (Å²) in [6, 6.07) is 9.97. The van der Waals surface area contributed by atoms with Gasteiger partial charge < -0.3 is 15.1 Å². The first kappa shape index (κ1) is 19.9. The fourth-order valence-corrected chi connectivity index (χ4v) is 3.45. The summed E-state index contributed by atoms with van der Waals surface area (Å²) in [5.41, 5.74) is 1.20. The fraction of sp³-hybridized carbons (Fsp3) is 0.550. The monoisotopic (exact) mass is 357 g/mol. The quantitative estimate of drug-likeness (QED) is 0.801. The third kappa shape index (κ3) is 5.06. The molecule has 0 heterocycles. The maximum atomic E-state index is 12.6. The Bertz CT molecular complexity index is 672.